The van der Waals surface area contributed by atoms with Gasteiger partial charge in [0.25, 0.3) is 0 Å². The zero-order valence-electron chi connectivity index (χ0n) is 16.0. The second-order valence-electron chi connectivity index (χ2n) is 6.69. The number of amides is 1. The topological polar surface area (TPSA) is 68.0 Å². The van der Waals surface area contributed by atoms with E-state index < -0.39 is 0 Å². The van der Waals surface area contributed by atoms with Crippen LogP contribution in [0.3, 0.4) is 0 Å². The third-order valence-electron chi connectivity index (χ3n) is 4.18. The summed E-state index contributed by atoms with van der Waals surface area (Å²) in [5.41, 5.74) is 6.34. The molecule has 0 radical (unpaired) electrons. The van der Waals surface area contributed by atoms with Crippen molar-refractivity contribution < 1.29 is 9.32 Å². The maximum atomic E-state index is 12.3. The Morgan fingerprint density at radius 1 is 1.04 bits per heavy atom. The smallest absolute Gasteiger partial charge is 0.236 e. The second kappa shape index (κ2) is 8.39. The van der Waals surface area contributed by atoms with Crippen molar-refractivity contribution >= 4 is 23.4 Å². The molecule has 5 nitrogen and oxygen atoms in total. The Morgan fingerprint density at radius 2 is 1.70 bits per heavy atom. The monoisotopic (exact) mass is 381 g/mol. The summed E-state index contributed by atoms with van der Waals surface area (Å²) in [7, 11) is 0. The van der Waals surface area contributed by atoms with Crippen LogP contribution in [0.4, 0.5) is 5.69 Å². The fourth-order valence-electron chi connectivity index (χ4n) is 2.92. The average molecular weight is 382 g/mol. The first-order valence-corrected chi connectivity index (χ1v) is 9.93. The van der Waals surface area contributed by atoms with Gasteiger partial charge in [-0.25, -0.2) is 0 Å². The summed E-state index contributed by atoms with van der Waals surface area (Å²) in [5, 5.41) is 7.01. The standard InChI is InChI=1S/C21H23N3O2S/c1-13-5-7-17(8-6-13)21-23-19(26-24-21)12-27-11-18(25)22-20-15(3)9-14(2)10-16(20)4/h5-10H,11-12H2,1-4H3,(H,22,25). The van der Waals surface area contributed by atoms with Crippen LogP contribution in [0.25, 0.3) is 11.4 Å². The van der Waals surface area contributed by atoms with E-state index in [1.165, 1.54) is 22.9 Å². The number of nitrogens with zero attached hydrogens (tertiary/aromatic N) is 2. The summed E-state index contributed by atoms with van der Waals surface area (Å²) in [6.07, 6.45) is 0. The van der Waals surface area contributed by atoms with Crippen molar-refractivity contribution in [2.24, 2.45) is 0 Å². The van der Waals surface area contributed by atoms with Gasteiger partial charge in [-0.2, -0.15) is 4.98 Å². The van der Waals surface area contributed by atoms with Crippen molar-refractivity contribution in [1.29, 1.82) is 0 Å². The van der Waals surface area contributed by atoms with Gasteiger partial charge in [-0.3, -0.25) is 4.79 Å². The largest absolute Gasteiger partial charge is 0.338 e. The number of benzene rings is 2. The first-order chi connectivity index (χ1) is 12.9. The van der Waals surface area contributed by atoms with Crippen LogP contribution in [0.15, 0.2) is 40.9 Å². The van der Waals surface area contributed by atoms with Crippen LogP contribution in [-0.4, -0.2) is 21.8 Å². The molecule has 140 valence electrons. The van der Waals surface area contributed by atoms with Crippen LogP contribution < -0.4 is 5.32 Å². The summed E-state index contributed by atoms with van der Waals surface area (Å²) < 4.78 is 5.29. The number of thioether (sulfide) groups is 1. The Morgan fingerprint density at radius 3 is 2.37 bits per heavy atom. The van der Waals surface area contributed by atoms with Gasteiger partial charge in [-0.05, 0) is 38.8 Å². The molecule has 0 fully saturated rings. The van der Waals surface area contributed by atoms with E-state index in [-0.39, 0.29) is 5.91 Å². The van der Waals surface area contributed by atoms with Gasteiger partial charge in [0.2, 0.25) is 17.6 Å². The molecule has 1 N–H and O–H groups in total. The summed E-state index contributed by atoms with van der Waals surface area (Å²) in [4.78, 5) is 16.7. The van der Waals surface area contributed by atoms with Crippen LogP contribution in [0.2, 0.25) is 0 Å². The Labute approximate surface area is 163 Å². The number of rotatable bonds is 6. The van der Waals surface area contributed by atoms with Crippen LogP contribution in [0, 0.1) is 27.7 Å². The summed E-state index contributed by atoms with van der Waals surface area (Å²) >= 11 is 1.45. The summed E-state index contributed by atoms with van der Waals surface area (Å²) in [5.74, 6) is 1.88. The summed E-state index contributed by atoms with van der Waals surface area (Å²) in [6, 6.07) is 12.1. The van der Waals surface area contributed by atoms with Gasteiger partial charge in [-0.1, -0.05) is 52.7 Å². The molecule has 1 heterocycles. The van der Waals surface area contributed by atoms with Crippen molar-refractivity contribution in [2.75, 3.05) is 11.1 Å². The zero-order chi connectivity index (χ0) is 19.4. The van der Waals surface area contributed by atoms with Crippen molar-refractivity contribution in [3.05, 3.63) is 64.5 Å². The van der Waals surface area contributed by atoms with E-state index in [9.17, 15) is 4.79 Å². The maximum Gasteiger partial charge on any atom is 0.236 e. The molecule has 0 saturated heterocycles. The lowest BCUT2D eigenvalue weighted by atomic mass is 10.1. The maximum absolute atomic E-state index is 12.3. The highest BCUT2D eigenvalue weighted by Gasteiger charge is 2.11. The number of anilines is 1. The van der Waals surface area contributed by atoms with Crippen molar-refractivity contribution in [3.8, 4) is 11.4 Å². The number of nitrogens with one attached hydrogen (secondary N) is 1. The van der Waals surface area contributed by atoms with Crippen molar-refractivity contribution in [3.63, 3.8) is 0 Å². The Bertz CT molecular complexity index is 925. The van der Waals surface area contributed by atoms with Crippen LogP contribution in [0.1, 0.15) is 28.1 Å². The number of carbonyl (C=O) groups is 1. The lowest BCUT2D eigenvalue weighted by Gasteiger charge is -2.12. The molecule has 0 aliphatic rings. The molecular formula is C21H23N3O2S. The molecule has 3 aromatic rings. The van der Waals surface area contributed by atoms with Gasteiger partial charge >= 0.3 is 0 Å². The molecule has 0 aliphatic heterocycles. The molecule has 6 heteroatoms. The Kier molecular flexibility index (Phi) is 5.96. The number of aryl methyl sites for hydroxylation is 4. The third-order valence-corrected chi connectivity index (χ3v) is 5.10. The predicted molar refractivity (Wildman–Crippen MR) is 110 cm³/mol. The van der Waals surface area contributed by atoms with E-state index in [2.05, 4.69) is 34.5 Å². The highest BCUT2D eigenvalue weighted by atomic mass is 32.2. The Hall–Kier alpha value is -2.60. The van der Waals surface area contributed by atoms with Crippen LogP contribution >= 0.6 is 11.8 Å². The molecule has 0 saturated carbocycles. The molecular weight excluding hydrogens is 358 g/mol. The van der Waals surface area contributed by atoms with E-state index in [1.54, 1.807) is 0 Å². The lowest BCUT2D eigenvalue weighted by Crippen LogP contribution is -2.16. The average Bonchev–Trinajstić information content (AvgIpc) is 3.07. The molecule has 27 heavy (non-hydrogen) atoms. The van der Waals surface area contributed by atoms with Crippen LogP contribution in [0.5, 0.6) is 0 Å². The van der Waals surface area contributed by atoms with Crippen molar-refractivity contribution in [1.82, 2.24) is 10.1 Å². The highest BCUT2D eigenvalue weighted by Crippen LogP contribution is 2.23. The minimum Gasteiger partial charge on any atom is -0.338 e. The molecule has 1 amide bonds. The second-order valence-corrected chi connectivity index (χ2v) is 7.68. The fourth-order valence-corrected chi connectivity index (χ4v) is 3.57. The molecule has 0 bridgehead atoms. The molecule has 2 aromatic carbocycles. The molecule has 0 unspecified atom stereocenters. The van der Waals surface area contributed by atoms with E-state index in [0.29, 0.717) is 23.2 Å². The predicted octanol–water partition coefficient (Wildman–Crippen LogP) is 4.84. The first kappa shape index (κ1) is 19.2. The molecule has 0 atom stereocenters. The van der Waals surface area contributed by atoms with Gasteiger partial charge in [-0.15, -0.1) is 11.8 Å². The quantitative estimate of drug-likeness (QED) is 0.661. The van der Waals surface area contributed by atoms with E-state index >= 15 is 0 Å². The van der Waals surface area contributed by atoms with Crippen LogP contribution in [-0.2, 0) is 10.5 Å². The number of aromatic nitrogens is 2. The minimum absolute atomic E-state index is 0.0340. The SMILES string of the molecule is Cc1ccc(-c2noc(CSCC(=O)Nc3c(C)cc(C)cc3C)n2)cc1. The number of hydrogen-bond acceptors (Lipinski definition) is 5. The van der Waals surface area contributed by atoms with Gasteiger partial charge in [0.1, 0.15) is 0 Å². The third kappa shape index (κ3) is 4.98. The van der Waals surface area contributed by atoms with Gasteiger partial charge in [0, 0.05) is 11.3 Å². The zero-order valence-corrected chi connectivity index (χ0v) is 16.8. The molecule has 3 rings (SSSR count). The normalized spacial score (nSPS) is 10.8. The van der Waals surface area contributed by atoms with Gasteiger partial charge in [0.15, 0.2) is 0 Å². The summed E-state index contributed by atoms with van der Waals surface area (Å²) in [6.45, 7) is 8.10. The van der Waals surface area contributed by atoms with E-state index in [0.717, 1.165) is 22.4 Å². The molecule has 0 aliphatic carbocycles. The molecule has 1 aromatic heterocycles. The number of carbonyl (C=O) groups excluding carboxylic acids is 1. The lowest BCUT2D eigenvalue weighted by molar-refractivity contribution is -0.113. The minimum atomic E-state index is -0.0340. The highest BCUT2D eigenvalue weighted by molar-refractivity contribution is 7.99. The van der Waals surface area contributed by atoms with Crippen molar-refractivity contribution in [2.45, 2.75) is 33.4 Å². The Balaban J connectivity index is 1.53. The number of hydrogen-bond donors (Lipinski definition) is 1. The first-order valence-electron chi connectivity index (χ1n) is 8.77. The molecule has 0 spiro atoms. The fraction of sp³-hybridized carbons (Fsp3) is 0.286. The van der Waals surface area contributed by atoms with E-state index in [4.69, 9.17) is 4.52 Å². The van der Waals surface area contributed by atoms with Gasteiger partial charge in [0.05, 0.1) is 11.5 Å². The van der Waals surface area contributed by atoms with Gasteiger partial charge < -0.3 is 9.84 Å². The van der Waals surface area contributed by atoms with E-state index in [1.807, 2.05) is 45.0 Å².